The topological polar surface area (TPSA) is 49.3 Å². The van der Waals surface area contributed by atoms with Gasteiger partial charge in [-0.3, -0.25) is 4.79 Å². The summed E-state index contributed by atoms with van der Waals surface area (Å²) in [7, 11) is 0. The number of hydrogen-bond acceptors (Lipinski definition) is 2. The molecule has 0 aromatic heterocycles. The molecule has 1 rings (SSSR count). The molecule has 17 heavy (non-hydrogen) atoms. The molecule has 1 atom stereocenters. The van der Waals surface area contributed by atoms with Gasteiger partial charge in [0.1, 0.15) is 0 Å². The number of rotatable bonds is 5. The van der Waals surface area contributed by atoms with E-state index in [0.29, 0.717) is 5.56 Å². The lowest BCUT2D eigenvalue weighted by Crippen LogP contribution is -2.37. The Labute approximate surface area is 102 Å². The fourth-order valence-corrected chi connectivity index (χ4v) is 1.47. The van der Waals surface area contributed by atoms with Crippen molar-refractivity contribution in [3.05, 3.63) is 48.0 Å². The second-order valence-electron chi connectivity index (χ2n) is 4.22. The quantitative estimate of drug-likeness (QED) is 0.764. The summed E-state index contributed by atoms with van der Waals surface area (Å²) in [4.78, 5) is 11.9. The fraction of sp³-hybridized carbons (Fsp3) is 0.357. The Bertz CT molecular complexity index is 371. The summed E-state index contributed by atoms with van der Waals surface area (Å²) < 4.78 is 0. The average molecular weight is 233 g/mol. The van der Waals surface area contributed by atoms with Crippen molar-refractivity contribution < 1.29 is 9.90 Å². The molecule has 0 saturated carbocycles. The van der Waals surface area contributed by atoms with Crippen molar-refractivity contribution in [1.29, 1.82) is 0 Å². The summed E-state index contributed by atoms with van der Waals surface area (Å²) in [6.45, 7) is 4.04. The molecule has 0 fully saturated rings. The molecular formula is C14H19NO2. The van der Waals surface area contributed by atoms with Crippen molar-refractivity contribution in [3.63, 3.8) is 0 Å². The van der Waals surface area contributed by atoms with Crippen LogP contribution in [-0.4, -0.2) is 23.7 Å². The van der Waals surface area contributed by atoms with Gasteiger partial charge < -0.3 is 10.4 Å². The minimum absolute atomic E-state index is 0.00950. The Hall–Kier alpha value is -1.61. The maximum absolute atomic E-state index is 11.9. The highest BCUT2D eigenvalue weighted by Crippen LogP contribution is 2.06. The molecule has 0 saturated heterocycles. The van der Waals surface area contributed by atoms with Gasteiger partial charge in [-0.2, -0.15) is 0 Å². The van der Waals surface area contributed by atoms with E-state index in [-0.39, 0.29) is 24.5 Å². The first-order valence-corrected chi connectivity index (χ1v) is 5.78. The lowest BCUT2D eigenvalue weighted by atomic mass is 10.0. The summed E-state index contributed by atoms with van der Waals surface area (Å²) in [5.41, 5.74) is 0.649. The van der Waals surface area contributed by atoms with Gasteiger partial charge in [0.15, 0.2) is 0 Å². The maximum atomic E-state index is 11.9. The first-order chi connectivity index (χ1) is 8.15. The summed E-state index contributed by atoms with van der Waals surface area (Å²) in [5, 5.41) is 11.7. The van der Waals surface area contributed by atoms with Crippen molar-refractivity contribution in [3.8, 4) is 0 Å². The van der Waals surface area contributed by atoms with Crippen molar-refractivity contribution in [2.24, 2.45) is 5.92 Å². The average Bonchev–Trinajstić information content (AvgIpc) is 2.35. The molecule has 0 bridgehead atoms. The molecule has 3 nitrogen and oxygen atoms in total. The van der Waals surface area contributed by atoms with E-state index in [9.17, 15) is 4.79 Å². The van der Waals surface area contributed by atoms with E-state index >= 15 is 0 Å². The Morgan fingerprint density at radius 1 is 1.35 bits per heavy atom. The van der Waals surface area contributed by atoms with Crippen molar-refractivity contribution >= 4 is 5.91 Å². The second-order valence-corrected chi connectivity index (χ2v) is 4.22. The highest BCUT2D eigenvalue weighted by Gasteiger charge is 2.13. The van der Waals surface area contributed by atoms with Crippen LogP contribution in [0.1, 0.15) is 24.2 Å². The molecule has 0 spiro atoms. The number of nitrogens with one attached hydrogen (secondary N) is 1. The van der Waals surface area contributed by atoms with Gasteiger partial charge in [0.05, 0.1) is 6.61 Å². The summed E-state index contributed by atoms with van der Waals surface area (Å²) in [5.74, 6) is 0.192. The third-order valence-electron chi connectivity index (χ3n) is 2.50. The molecule has 0 aliphatic carbocycles. The number of aliphatic hydroxyl groups is 1. The number of benzene rings is 1. The van der Waals surface area contributed by atoms with E-state index in [1.54, 1.807) is 18.2 Å². The number of aliphatic hydroxyl groups excluding tert-OH is 1. The van der Waals surface area contributed by atoms with Gasteiger partial charge in [-0.25, -0.2) is 0 Å². The van der Waals surface area contributed by atoms with Crippen LogP contribution in [0.3, 0.4) is 0 Å². The van der Waals surface area contributed by atoms with Crippen LogP contribution in [0.15, 0.2) is 42.5 Å². The monoisotopic (exact) mass is 233 g/mol. The zero-order valence-electron chi connectivity index (χ0n) is 10.3. The summed E-state index contributed by atoms with van der Waals surface area (Å²) >= 11 is 0. The van der Waals surface area contributed by atoms with E-state index in [0.717, 1.165) is 0 Å². The standard InChI is InChI=1S/C14H19NO2/c1-11(2)13(9-6-10-16)15-14(17)12-7-4-3-5-8-12/h3-9,11,13,16H,10H2,1-2H3,(H,15,17)/b9-6+/t13-/m1/s1. The van der Waals surface area contributed by atoms with Gasteiger partial charge in [-0.15, -0.1) is 0 Å². The van der Waals surface area contributed by atoms with Gasteiger partial charge in [-0.1, -0.05) is 44.2 Å². The van der Waals surface area contributed by atoms with Gasteiger partial charge in [-0.05, 0) is 18.1 Å². The van der Waals surface area contributed by atoms with Crippen LogP contribution in [0, 0.1) is 5.92 Å². The normalized spacial score (nSPS) is 12.9. The van der Waals surface area contributed by atoms with Crippen molar-refractivity contribution in [2.75, 3.05) is 6.61 Å². The lowest BCUT2D eigenvalue weighted by molar-refractivity contribution is 0.0936. The largest absolute Gasteiger partial charge is 0.392 e. The molecule has 0 radical (unpaired) electrons. The first-order valence-electron chi connectivity index (χ1n) is 5.78. The molecule has 1 aromatic rings. The van der Waals surface area contributed by atoms with E-state index in [2.05, 4.69) is 5.32 Å². The molecule has 3 heteroatoms. The van der Waals surface area contributed by atoms with Crippen LogP contribution in [0.5, 0.6) is 0 Å². The van der Waals surface area contributed by atoms with E-state index in [1.165, 1.54) is 0 Å². The van der Waals surface area contributed by atoms with Gasteiger partial charge >= 0.3 is 0 Å². The zero-order chi connectivity index (χ0) is 12.7. The van der Waals surface area contributed by atoms with Crippen LogP contribution in [0.4, 0.5) is 0 Å². The molecular weight excluding hydrogens is 214 g/mol. The maximum Gasteiger partial charge on any atom is 0.251 e. The van der Waals surface area contributed by atoms with Crippen molar-refractivity contribution in [2.45, 2.75) is 19.9 Å². The molecule has 0 aliphatic heterocycles. The highest BCUT2D eigenvalue weighted by atomic mass is 16.2. The summed E-state index contributed by atoms with van der Waals surface area (Å²) in [6, 6.07) is 9.05. The van der Waals surface area contributed by atoms with Gasteiger partial charge in [0.2, 0.25) is 0 Å². The molecule has 1 amide bonds. The predicted octanol–water partition coefficient (Wildman–Crippen LogP) is 1.99. The zero-order valence-corrected chi connectivity index (χ0v) is 10.3. The van der Waals surface area contributed by atoms with E-state index in [4.69, 9.17) is 5.11 Å². The highest BCUT2D eigenvalue weighted by molar-refractivity contribution is 5.94. The number of amides is 1. The Morgan fingerprint density at radius 2 is 2.00 bits per heavy atom. The van der Waals surface area contributed by atoms with E-state index in [1.807, 2.05) is 38.1 Å². The smallest absolute Gasteiger partial charge is 0.251 e. The Balaban J connectivity index is 2.68. The van der Waals surface area contributed by atoms with E-state index < -0.39 is 0 Å². The number of hydrogen-bond donors (Lipinski definition) is 2. The molecule has 0 heterocycles. The minimum atomic E-state index is -0.0908. The fourth-order valence-electron chi connectivity index (χ4n) is 1.47. The first kappa shape index (κ1) is 13.5. The Kier molecular flexibility index (Phi) is 5.43. The van der Waals surface area contributed by atoms with Crippen molar-refractivity contribution in [1.82, 2.24) is 5.32 Å². The molecule has 2 N–H and O–H groups in total. The molecule has 92 valence electrons. The van der Waals surface area contributed by atoms with Gasteiger partial charge in [0, 0.05) is 11.6 Å². The third-order valence-corrected chi connectivity index (χ3v) is 2.50. The second kappa shape index (κ2) is 6.86. The molecule has 0 aliphatic rings. The molecule has 0 unspecified atom stereocenters. The SMILES string of the molecule is CC(C)[C@@H](/C=C/CO)NC(=O)c1ccccc1. The van der Waals surface area contributed by atoms with Crippen LogP contribution in [0.25, 0.3) is 0 Å². The predicted molar refractivity (Wildman–Crippen MR) is 68.8 cm³/mol. The lowest BCUT2D eigenvalue weighted by Gasteiger charge is -2.18. The van der Waals surface area contributed by atoms with Crippen LogP contribution < -0.4 is 5.32 Å². The number of carbonyl (C=O) groups is 1. The molecule has 1 aromatic carbocycles. The third kappa shape index (κ3) is 4.41. The minimum Gasteiger partial charge on any atom is -0.392 e. The summed E-state index contributed by atoms with van der Waals surface area (Å²) in [6.07, 6.45) is 3.47. The van der Waals surface area contributed by atoms with Gasteiger partial charge in [0.25, 0.3) is 5.91 Å². The van der Waals surface area contributed by atoms with Crippen LogP contribution in [-0.2, 0) is 0 Å². The van der Waals surface area contributed by atoms with Crippen LogP contribution in [0.2, 0.25) is 0 Å². The number of carbonyl (C=O) groups excluding carboxylic acids is 1. The van der Waals surface area contributed by atoms with Crippen LogP contribution >= 0.6 is 0 Å². The Morgan fingerprint density at radius 3 is 2.53 bits per heavy atom.